The van der Waals surface area contributed by atoms with Crippen LogP contribution in [0.4, 0.5) is 0 Å². The van der Waals surface area contributed by atoms with Gasteiger partial charge in [-0.25, -0.2) is 4.79 Å². The predicted octanol–water partition coefficient (Wildman–Crippen LogP) is 2.98. The Kier molecular flexibility index (Phi) is 2.46. The zero-order chi connectivity index (χ0) is 12.6. The molecule has 2 aromatic rings. The first-order valence-corrected chi connectivity index (χ1v) is 6.15. The van der Waals surface area contributed by atoms with Crippen LogP contribution in [0.15, 0.2) is 29.4 Å². The molecule has 18 heavy (non-hydrogen) atoms. The number of isocyanates is 1. The van der Waals surface area contributed by atoms with Gasteiger partial charge in [0.1, 0.15) is 11.3 Å². The fourth-order valence-electron chi connectivity index (χ4n) is 2.98. The molecule has 0 radical (unpaired) electrons. The average molecular weight is 242 g/mol. The molecule has 0 bridgehead atoms. The number of aliphatic imine (C=N–C) groups is 1. The number of benzene rings is 1. The van der Waals surface area contributed by atoms with E-state index in [1.807, 2.05) is 18.2 Å². The van der Waals surface area contributed by atoms with Crippen molar-refractivity contribution in [1.29, 1.82) is 0 Å². The van der Waals surface area contributed by atoms with Crippen LogP contribution in [0.2, 0.25) is 0 Å². The van der Waals surface area contributed by atoms with Gasteiger partial charge in [0, 0.05) is 22.7 Å². The molecule has 1 aliphatic rings. The Morgan fingerprint density at radius 3 is 2.78 bits per heavy atom. The first-order valence-electron chi connectivity index (χ1n) is 6.15. The van der Waals surface area contributed by atoms with Crippen molar-refractivity contribution in [3.8, 4) is 5.75 Å². The van der Waals surface area contributed by atoms with Gasteiger partial charge in [0.05, 0.1) is 0 Å². The first kappa shape index (κ1) is 11.1. The molecule has 1 fully saturated rings. The summed E-state index contributed by atoms with van der Waals surface area (Å²) in [6.45, 7) is 0. The van der Waals surface area contributed by atoms with E-state index in [2.05, 4.69) is 9.98 Å². The summed E-state index contributed by atoms with van der Waals surface area (Å²) >= 11 is 0. The van der Waals surface area contributed by atoms with Gasteiger partial charge in [-0.3, -0.25) is 0 Å². The summed E-state index contributed by atoms with van der Waals surface area (Å²) in [5, 5.41) is 11.2. The zero-order valence-corrected chi connectivity index (χ0v) is 9.94. The molecule has 92 valence electrons. The van der Waals surface area contributed by atoms with E-state index in [1.165, 1.54) is 0 Å². The number of rotatable bonds is 2. The zero-order valence-electron chi connectivity index (χ0n) is 9.94. The topological polar surface area (TPSA) is 65.5 Å². The summed E-state index contributed by atoms with van der Waals surface area (Å²) in [6, 6.07) is 5.62. The average Bonchev–Trinajstić information content (AvgIpc) is 2.99. The normalized spacial score (nSPS) is 17.8. The highest BCUT2D eigenvalue weighted by molar-refractivity contribution is 5.87. The van der Waals surface area contributed by atoms with Crippen LogP contribution in [0.1, 0.15) is 31.2 Å². The van der Waals surface area contributed by atoms with E-state index in [9.17, 15) is 9.90 Å². The van der Waals surface area contributed by atoms with Crippen LogP contribution in [-0.4, -0.2) is 16.2 Å². The number of fused-ring (bicyclic) bond motifs is 1. The number of nitrogens with zero attached hydrogens (tertiary/aromatic N) is 1. The highest BCUT2D eigenvalue weighted by atomic mass is 16.3. The fourth-order valence-corrected chi connectivity index (χ4v) is 2.98. The molecule has 1 aromatic heterocycles. The lowest BCUT2D eigenvalue weighted by Gasteiger charge is -2.24. The van der Waals surface area contributed by atoms with Gasteiger partial charge in [0.15, 0.2) is 0 Å². The Balaban J connectivity index is 2.23. The van der Waals surface area contributed by atoms with Crippen LogP contribution in [0, 0.1) is 0 Å². The maximum absolute atomic E-state index is 10.7. The number of hydrogen-bond acceptors (Lipinski definition) is 3. The van der Waals surface area contributed by atoms with Crippen molar-refractivity contribution in [3.63, 3.8) is 0 Å². The highest BCUT2D eigenvalue weighted by Crippen LogP contribution is 2.47. The molecule has 0 unspecified atom stereocenters. The van der Waals surface area contributed by atoms with E-state index in [4.69, 9.17) is 0 Å². The third kappa shape index (κ3) is 1.46. The lowest BCUT2D eigenvalue weighted by atomic mass is 9.87. The number of carbonyl (C=O) groups excluding carboxylic acids is 1. The van der Waals surface area contributed by atoms with Crippen molar-refractivity contribution in [2.75, 3.05) is 0 Å². The second-order valence-corrected chi connectivity index (χ2v) is 4.84. The lowest BCUT2D eigenvalue weighted by molar-refractivity contribution is 0.412. The SMILES string of the molecule is O=C=NC1(c2ccc3[nH]ccc3c2O)CCCC1. The van der Waals surface area contributed by atoms with E-state index < -0.39 is 5.54 Å². The van der Waals surface area contributed by atoms with Gasteiger partial charge < -0.3 is 10.1 Å². The molecule has 4 nitrogen and oxygen atoms in total. The van der Waals surface area contributed by atoms with Crippen molar-refractivity contribution in [1.82, 2.24) is 4.98 Å². The van der Waals surface area contributed by atoms with Gasteiger partial charge in [-0.2, -0.15) is 4.99 Å². The van der Waals surface area contributed by atoms with Crippen LogP contribution in [0.25, 0.3) is 10.9 Å². The largest absolute Gasteiger partial charge is 0.507 e. The molecule has 3 rings (SSSR count). The number of aromatic nitrogens is 1. The fraction of sp³-hybridized carbons (Fsp3) is 0.357. The van der Waals surface area contributed by atoms with Crippen LogP contribution >= 0.6 is 0 Å². The number of nitrogens with one attached hydrogen (secondary N) is 1. The summed E-state index contributed by atoms with van der Waals surface area (Å²) in [7, 11) is 0. The molecular weight excluding hydrogens is 228 g/mol. The van der Waals surface area contributed by atoms with E-state index in [0.717, 1.165) is 42.1 Å². The summed E-state index contributed by atoms with van der Waals surface area (Å²) in [5.41, 5.74) is 1.06. The lowest BCUT2D eigenvalue weighted by Crippen LogP contribution is -2.19. The predicted molar refractivity (Wildman–Crippen MR) is 68.2 cm³/mol. The minimum atomic E-state index is -0.572. The van der Waals surface area contributed by atoms with Gasteiger partial charge >= 0.3 is 0 Å². The van der Waals surface area contributed by atoms with Gasteiger partial charge in [0.2, 0.25) is 6.08 Å². The third-order valence-electron chi connectivity index (χ3n) is 3.90. The third-order valence-corrected chi connectivity index (χ3v) is 3.90. The number of aromatic amines is 1. The maximum Gasteiger partial charge on any atom is 0.235 e. The smallest absolute Gasteiger partial charge is 0.235 e. The molecule has 0 atom stereocenters. The van der Waals surface area contributed by atoms with E-state index >= 15 is 0 Å². The standard InChI is InChI=1S/C14H14N2O2/c17-9-16-14(6-1-2-7-14)11-3-4-12-10(13(11)18)5-8-15-12/h3-5,8,15,18H,1-2,6-7H2. The Morgan fingerprint density at radius 2 is 2.06 bits per heavy atom. The molecule has 0 aliphatic heterocycles. The van der Waals surface area contributed by atoms with Gasteiger partial charge in [-0.05, 0) is 25.0 Å². The second-order valence-electron chi connectivity index (χ2n) is 4.84. The van der Waals surface area contributed by atoms with Crippen molar-refractivity contribution in [2.24, 2.45) is 4.99 Å². The molecule has 0 saturated heterocycles. The summed E-state index contributed by atoms with van der Waals surface area (Å²) in [5.74, 6) is 0.231. The quantitative estimate of drug-likeness (QED) is 0.628. The molecule has 2 N–H and O–H groups in total. The highest BCUT2D eigenvalue weighted by Gasteiger charge is 2.38. The van der Waals surface area contributed by atoms with Crippen LogP contribution in [0.5, 0.6) is 5.75 Å². The monoisotopic (exact) mass is 242 g/mol. The number of phenolic OH excluding ortho intramolecular Hbond substituents is 1. The summed E-state index contributed by atoms with van der Waals surface area (Å²) in [4.78, 5) is 17.7. The molecule has 1 aromatic carbocycles. The molecule has 0 spiro atoms. The van der Waals surface area contributed by atoms with E-state index in [1.54, 1.807) is 12.3 Å². The Bertz CT molecular complexity index is 632. The first-order chi connectivity index (χ1) is 8.77. The van der Waals surface area contributed by atoms with Gasteiger partial charge in [-0.15, -0.1) is 0 Å². The minimum Gasteiger partial charge on any atom is -0.507 e. The number of hydrogen-bond donors (Lipinski definition) is 2. The second kappa shape index (κ2) is 4.00. The van der Waals surface area contributed by atoms with Crippen molar-refractivity contribution < 1.29 is 9.90 Å². The molecular formula is C14H14N2O2. The molecule has 4 heteroatoms. The number of aromatic hydroxyl groups is 1. The molecule has 1 saturated carbocycles. The van der Waals surface area contributed by atoms with Crippen molar-refractivity contribution in [3.05, 3.63) is 30.0 Å². The Morgan fingerprint density at radius 1 is 1.28 bits per heavy atom. The molecule has 1 aliphatic carbocycles. The van der Waals surface area contributed by atoms with E-state index in [-0.39, 0.29) is 5.75 Å². The number of phenols is 1. The number of H-pyrrole nitrogens is 1. The molecule has 1 heterocycles. The van der Waals surface area contributed by atoms with Crippen molar-refractivity contribution >= 4 is 17.0 Å². The minimum absolute atomic E-state index is 0.231. The van der Waals surface area contributed by atoms with Gasteiger partial charge in [-0.1, -0.05) is 18.9 Å². The van der Waals surface area contributed by atoms with Crippen LogP contribution < -0.4 is 0 Å². The van der Waals surface area contributed by atoms with Crippen LogP contribution in [-0.2, 0) is 10.3 Å². The molecule has 0 amide bonds. The van der Waals surface area contributed by atoms with Crippen LogP contribution in [0.3, 0.4) is 0 Å². The van der Waals surface area contributed by atoms with Gasteiger partial charge in [0.25, 0.3) is 0 Å². The summed E-state index contributed by atoms with van der Waals surface area (Å²) in [6.07, 6.45) is 7.11. The maximum atomic E-state index is 10.7. The van der Waals surface area contributed by atoms with E-state index in [0.29, 0.717) is 0 Å². The Labute approximate surface area is 104 Å². The summed E-state index contributed by atoms with van der Waals surface area (Å²) < 4.78 is 0. The Hall–Kier alpha value is -2.06. The van der Waals surface area contributed by atoms with Crippen molar-refractivity contribution in [2.45, 2.75) is 31.2 Å².